The van der Waals surface area contributed by atoms with Gasteiger partial charge >= 0.3 is 0 Å². The average Bonchev–Trinajstić information content (AvgIpc) is 2.96. The fraction of sp³-hybridized carbons (Fsp3) is 0.263. The molecule has 2 aromatic carbocycles. The minimum Gasteiger partial charge on any atom is -0.484 e. The summed E-state index contributed by atoms with van der Waals surface area (Å²) in [5.41, 5.74) is 3.13. The van der Waals surface area contributed by atoms with Crippen molar-refractivity contribution in [3.05, 3.63) is 65.2 Å². The maximum Gasteiger partial charge on any atom is 0.258 e. The minimum atomic E-state index is -0.137. The monoisotopic (exact) mass is 309 g/mol. The van der Waals surface area contributed by atoms with Gasteiger partial charge in [-0.1, -0.05) is 24.3 Å². The Labute approximate surface area is 135 Å². The van der Waals surface area contributed by atoms with Crippen LogP contribution in [0.3, 0.4) is 0 Å². The molecule has 0 saturated carbocycles. The Morgan fingerprint density at radius 2 is 1.87 bits per heavy atom. The maximum absolute atomic E-state index is 12.1. The molecule has 0 bridgehead atoms. The molecule has 1 N–H and O–H groups in total. The van der Waals surface area contributed by atoms with E-state index in [1.54, 1.807) is 24.3 Å². The first-order chi connectivity index (χ1) is 11.1. The van der Waals surface area contributed by atoms with E-state index in [-0.39, 0.29) is 24.3 Å². The first-order valence-electron chi connectivity index (χ1n) is 7.74. The van der Waals surface area contributed by atoms with Crippen molar-refractivity contribution in [2.75, 3.05) is 6.61 Å². The van der Waals surface area contributed by atoms with Crippen LogP contribution in [-0.4, -0.2) is 18.3 Å². The predicted molar refractivity (Wildman–Crippen MR) is 87.6 cm³/mol. The first-order valence-corrected chi connectivity index (χ1v) is 7.74. The number of rotatable bonds is 5. The Morgan fingerprint density at radius 1 is 1.13 bits per heavy atom. The normalized spacial score (nSPS) is 15.8. The Bertz CT molecular complexity index is 722. The van der Waals surface area contributed by atoms with Crippen molar-refractivity contribution in [2.45, 2.75) is 25.8 Å². The van der Waals surface area contributed by atoms with E-state index in [4.69, 9.17) is 4.74 Å². The number of hydrogen-bond acceptors (Lipinski definition) is 3. The van der Waals surface area contributed by atoms with E-state index < -0.39 is 0 Å². The molecule has 0 heterocycles. The van der Waals surface area contributed by atoms with Crippen molar-refractivity contribution >= 4 is 11.7 Å². The van der Waals surface area contributed by atoms with Crippen LogP contribution in [0.25, 0.3) is 0 Å². The summed E-state index contributed by atoms with van der Waals surface area (Å²) in [4.78, 5) is 23.3. The number of aryl methyl sites for hydroxylation is 1. The molecule has 23 heavy (non-hydrogen) atoms. The minimum absolute atomic E-state index is 0.00851. The van der Waals surface area contributed by atoms with Crippen LogP contribution in [0.5, 0.6) is 5.75 Å². The summed E-state index contributed by atoms with van der Waals surface area (Å²) in [6.07, 6.45) is 1.92. The van der Waals surface area contributed by atoms with Crippen LogP contribution in [0.1, 0.15) is 40.9 Å². The van der Waals surface area contributed by atoms with Gasteiger partial charge in [0.05, 0.1) is 6.04 Å². The van der Waals surface area contributed by atoms with Gasteiger partial charge in [0.15, 0.2) is 12.4 Å². The van der Waals surface area contributed by atoms with E-state index >= 15 is 0 Å². The van der Waals surface area contributed by atoms with Crippen LogP contribution < -0.4 is 10.1 Å². The molecule has 0 aromatic heterocycles. The van der Waals surface area contributed by atoms with Gasteiger partial charge in [-0.05, 0) is 55.2 Å². The summed E-state index contributed by atoms with van der Waals surface area (Å²) in [5.74, 6) is 0.452. The molecule has 1 amide bonds. The molecular weight excluding hydrogens is 290 g/mol. The zero-order valence-corrected chi connectivity index (χ0v) is 13.0. The topological polar surface area (TPSA) is 55.4 Å². The van der Waals surface area contributed by atoms with Gasteiger partial charge in [0.1, 0.15) is 5.75 Å². The van der Waals surface area contributed by atoms with Crippen LogP contribution >= 0.6 is 0 Å². The molecular formula is C19H19NO3. The summed E-state index contributed by atoms with van der Waals surface area (Å²) >= 11 is 0. The van der Waals surface area contributed by atoms with Gasteiger partial charge in [-0.15, -0.1) is 0 Å². The highest BCUT2D eigenvalue weighted by molar-refractivity contribution is 5.94. The number of hydrogen-bond donors (Lipinski definition) is 1. The van der Waals surface area contributed by atoms with E-state index in [9.17, 15) is 9.59 Å². The van der Waals surface area contributed by atoms with Crippen molar-refractivity contribution < 1.29 is 14.3 Å². The number of nitrogens with one attached hydrogen (secondary N) is 1. The lowest BCUT2D eigenvalue weighted by molar-refractivity contribution is -0.123. The number of ether oxygens (including phenoxy) is 1. The summed E-state index contributed by atoms with van der Waals surface area (Å²) in [7, 11) is 0. The van der Waals surface area contributed by atoms with Crippen molar-refractivity contribution in [3.63, 3.8) is 0 Å². The van der Waals surface area contributed by atoms with Gasteiger partial charge in [0, 0.05) is 5.56 Å². The van der Waals surface area contributed by atoms with Crippen molar-refractivity contribution in [1.82, 2.24) is 5.32 Å². The van der Waals surface area contributed by atoms with E-state index in [0.717, 1.165) is 12.8 Å². The molecule has 0 spiro atoms. The average molecular weight is 309 g/mol. The summed E-state index contributed by atoms with van der Waals surface area (Å²) < 4.78 is 5.48. The van der Waals surface area contributed by atoms with Crippen LogP contribution in [0, 0.1) is 0 Å². The predicted octanol–water partition coefficient (Wildman–Crippen LogP) is 3.07. The quantitative estimate of drug-likeness (QED) is 0.864. The second-order valence-electron chi connectivity index (χ2n) is 5.73. The van der Waals surface area contributed by atoms with Gasteiger partial charge in [-0.2, -0.15) is 0 Å². The number of ketones is 1. The maximum atomic E-state index is 12.1. The Balaban J connectivity index is 1.53. The third kappa shape index (κ3) is 3.59. The molecule has 3 rings (SSSR count). The third-order valence-corrected chi connectivity index (χ3v) is 4.10. The van der Waals surface area contributed by atoms with Crippen molar-refractivity contribution in [2.24, 2.45) is 0 Å². The first kappa shape index (κ1) is 15.3. The molecule has 0 fully saturated rings. The largest absolute Gasteiger partial charge is 0.484 e. The van der Waals surface area contributed by atoms with Gasteiger partial charge in [-0.25, -0.2) is 0 Å². The second-order valence-corrected chi connectivity index (χ2v) is 5.73. The van der Waals surface area contributed by atoms with Gasteiger partial charge in [0.2, 0.25) is 0 Å². The Kier molecular flexibility index (Phi) is 4.42. The molecule has 0 aliphatic heterocycles. The van der Waals surface area contributed by atoms with E-state index in [0.29, 0.717) is 11.3 Å². The smallest absolute Gasteiger partial charge is 0.258 e. The zero-order valence-electron chi connectivity index (χ0n) is 13.0. The number of fused-ring (bicyclic) bond motifs is 1. The van der Waals surface area contributed by atoms with E-state index in [1.165, 1.54) is 18.1 Å². The van der Waals surface area contributed by atoms with E-state index in [1.807, 2.05) is 12.1 Å². The van der Waals surface area contributed by atoms with Crippen molar-refractivity contribution in [3.8, 4) is 5.75 Å². The highest BCUT2D eigenvalue weighted by atomic mass is 16.5. The summed E-state index contributed by atoms with van der Waals surface area (Å²) in [6.45, 7) is 1.49. The molecule has 118 valence electrons. The molecule has 1 aliphatic rings. The third-order valence-electron chi connectivity index (χ3n) is 4.10. The van der Waals surface area contributed by atoms with E-state index in [2.05, 4.69) is 17.4 Å². The summed E-state index contributed by atoms with van der Waals surface area (Å²) in [5, 5.41) is 3.02. The Hall–Kier alpha value is -2.62. The SMILES string of the molecule is CC(=O)c1ccc(OCC(=O)N[C@H]2CCc3ccccc32)cc1. The second kappa shape index (κ2) is 6.65. The van der Waals surface area contributed by atoms with Crippen LogP contribution in [0.2, 0.25) is 0 Å². The molecule has 4 heteroatoms. The molecule has 1 atom stereocenters. The molecule has 0 saturated heterocycles. The van der Waals surface area contributed by atoms with Crippen LogP contribution in [0.4, 0.5) is 0 Å². The lowest BCUT2D eigenvalue weighted by atomic mass is 10.1. The fourth-order valence-corrected chi connectivity index (χ4v) is 2.88. The molecule has 0 radical (unpaired) electrons. The highest BCUT2D eigenvalue weighted by Crippen LogP contribution is 2.30. The summed E-state index contributed by atoms with van der Waals surface area (Å²) in [6, 6.07) is 15.1. The number of carbonyl (C=O) groups is 2. The van der Waals surface area contributed by atoms with Gasteiger partial charge in [0.25, 0.3) is 5.91 Å². The fourth-order valence-electron chi connectivity index (χ4n) is 2.88. The van der Waals surface area contributed by atoms with Gasteiger partial charge < -0.3 is 10.1 Å². The zero-order chi connectivity index (χ0) is 16.2. The number of carbonyl (C=O) groups excluding carboxylic acids is 2. The highest BCUT2D eigenvalue weighted by Gasteiger charge is 2.23. The molecule has 2 aromatic rings. The molecule has 4 nitrogen and oxygen atoms in total. The number of Topliss-reactive ketones (excluding diaryl/α,β-unsaturated/α-hetero) is 1. The van der Waals surface area contributed by atoms with Gasteiger partial charge in [-0.3, -0.25) is 9.59 Å². The van der Waals surface area contributed by atoms with Crippen molar-refractivity contribution in [1.29, 1.82) is 0 Å². The number of benzene rings is 2. The number of amides is 1. The van der Waals surface area contributed by atoms with Crippen LogP contribution in [-0.2, 0) is 11.2 Å². The lowest BCUT2D eigenvalue weighted by Gasteiger charge is -2.14. The Morgan fingerprint density at radius 3 is 2.61 bits per heavy atom. The molecule has 1 aliphatic carbocycles. The molecule has 0 unspecified atom stereocenters. The lowest BCUT2D eigenvalue weighted by Crippen LogP contribution is -2.31. The standard InChI is InChI=1S/C19H19NO3/c1-13(21)14-6-9-16(10-7-14)23-12-19(22)20-18-11-8-15-4-2-3-5-17(15)18/h2-7,9-10,18H,8,11-12H2,1H3,(H,20,22)/t18-/m0/s1. The van der Waals surface area contributed by atoms with Crippen LogP contribution in [0.15, 0.2) is 48.5 Å².